The van der Waals surface area contributed by atoms with Crippen LogP contribution < -0.4 is 11.1 Å². The fraction of sp³-hybridized carbons (Fsp3) is 0.857. The second-order valence-electron chi connectivity index (χ2n) is 6.01. The Morgan fingerprint density at radius 1 is 1.33 bits per heavy atom. The Hall–Kier alpha value is -0.640. The maximum Gasteiger partial charge on any atom is 0.230 e. The monoisotopic (exact) mass is 270 g/mol. The highest BCUT2D eigenvalue weighted by Gasteiger charge is 2.32. The number of thiocarbonyl (C=S) groups is 1. The average molecular weight is 270 g/mol. The zero-order chi connectivity index (χ0) is 13.9. The molecule has 3 nitrogen and oxygen atoms in total. The van der Waals surface area contributed by atoms with Crippen LogP contribution in [-0.4, -0.2) is 16.9 Å². The fourth-order valence-corrected chi connectivity index (χ4v) is 3.20. The van der Waals surface area contributed by atoms with Gasteiger partial charge in [0.05, 0.1) is 10.9 Å². The number of hydrogen-bond donors (Lipinski definition) is 2. The van der Waals surface area contributed by atoms with Gasteiger partial charge in [-0.2, -0.15) is 0 Å². The third-order valence-corrected chi connectivity index (χ3v) is 4.54. The smallest absolute Gasteiger partial charge is 0.230 e. The van der Waals surface area contributed by atoms with E-state index in [4.69, 9.17) is 18.0 Å². The number of nitrogens with two attached hydrogens (primary N) is 1. The van der Waals surface area contributed by atoms with Gasteiger partial charge < -0.3 is 11.1 Å². The molecule has 104 valence electrons. The Kier molecular flexibility index (Phi) is 5.57. The lowest BCUT2D eigenvalue weighted by Crippen LogP contribution is -2.49. The van der Waals surface area contributed by atoms with Gasteiger partial charge in [0, 0.05) is 6.04 Å². The van der Waals surface area contributed by atoms with Crippen LogP contribution in [0.3, 0.4) is 0 Å². The third kappa shape index (κ3) is 3.67. The van der Waals surface area contributed by atoms with E-state index in [9.17, 15) is 4.79 Å². The molecule has 4 atom stereocenters. The molecule has 1 aliphatic carbocycles. The molecule has 0 radical (unpaired) electrons. The highest BCUT2D eigenvalue weighted by atomic mass is 32.1. The van der Waals surface area contributed by atoms with Crippen molar-refractivity contribution in [1.29, 1.82) is 0 Å². The summed E-state index contributed by atoms with van der Waals surface area (Å²) in [4.78, 5) is 12.6. The molecule has 3 N–H and O–H groups in total. The third-order valence-electron chi connectivity index (χ3n) is 4.29. The fourth-order valence-electron chi connectivity index (χ4n) is 2.82. The van der Waals surface area contributed by atoms with Gasteiger partial charge in [-0.05, 0) is 24.2 Å². The number of amides is 1. The molecule has 1 rings (SSSR count). The largest absolute Gasteiger partial charge is 0.393 e. The average Bonchev–Trinajstić information content (AvgIpc) is 2.23. The Morgan fingerprint density at radius 2 is 1.94 bits per heavy atom. The number of carbonyl (C=O) groups excluding carboxylic acids is 1. The zero-order valence-electron chi connectivity index (χ0n) is 11.9. The van der Waals surface area contributed by atoms with Crippen LogP contribution in [0.5, 0.6) is 0 Å². The second-order valence-corrected chi connectivity index (χ2v) is 6.48. The molecule has 0 bridgehead atoms. The first-order valence-electron chi connectivity index (χ1n) is 6.94. The van der Waals surface area contributed by atoms with Crippen molar-refractivity contribution < 1.29 is 4.79 Å². The van der Waals surface area contributed by atoms with E-state index in [1.165, 1.54) is 12.8 Å². The predicted octanol–water partition coefficient (Wildman–Crippen LogP) is 2.49. The van der Waals surface area contributed by atoms with E-state index in [1.807, 2.05) is 13.8 Å². The molecule has 1 amide bonds. The molecule has 0 aromatic rings. The number of hydrogen-bond acceptors (Lipinski definition) is 2. The molecule has 18 heavy (non-hydrogen) atoms. The lowest BCUT2D eigenvalue weighted by Gasteiger charge is -2.35. The summed E-state index contributed by atoms with van der Waals surface area (Å²) in [5.74, 6) is 1.01. The lowest BCUT2D eigenvalue weighted by atomic mass is 9.77. The minimum Gasteiger partial charge on any atom is -0.393 e. The van der Waals surface area contributed by atoms with Gasteiger partial charge in [-0.3, -0.25) is 4.79 Å². The second kappa shape index (κ2) is 6.50. The van der Waals surface area contributed by atoms with Gasteiger partial charge in [0.15, 0.2) is 0 Å². The van der Waals surface area contributed by atoms with Crippen LogP contribution in [0.4, 0.5) is 0 Å². The number of carbonyl (C=O) groups is 1. The van der Waals surface area contributed by atoms with Crippen molar-refractivity contribution in [3.8, 4) is 0 Å². The topological polar surface area (TPSA) is 55.1 Å². The first kappa shape index (κ1) is 15.4. The molecule has 0 heterocycles. The van der Waals surface area contributed by atoms with Crippen LogP contribution >= 0.6 is 12.2 Å². The Balaban J connectivity index is 2.65. The summed E-state index contributed by atoms with van der Waals surface area (Å²) in [6.07, 6.45) is 3.52. The minimum absolute atomic E-state index is 0.00319. The Morgan fingerprint density at radius 3 is 2.44 bits per heavy atom. The molecule has 4 unspecified atom stereocenters. The standard InChI is InChI=1S/C14H26N2OS/c1-8(2)12(13(15)18)14(17)16-11-7-5-6-9(3)10(11)4/h8-12H,5-7H2,1-4H3,(H2,15,18)(H,16,17). The molecule has 0 saturated heterocycles. The summed E-state index contributed by atoms with van der Waals surface area (Å²) in [7, 11) is 0. The lowest BCUT2D eigenvalue weighted by molar-refractivity contribution is -0.125. The van der Waals surface area contributed by atoms with Crippen molar-refractivity contribution in [2.45, 2.75) is 53.0 Å². The highest BCUT2D eigenvalue weighted by Crippen LogP contribution is 2.29. The van der Waals surface area contributed by atoms with Gasteiger partial charge in [0.1, 0.15) is 0 Å². The van der Waals surface area contributed by atoms with E-state index >= 15 is 0 Å². The molecule has 0 spiro atoms. The number of nitrogens with one attached hydrogen (secondary N) is 1. The van der Waals surface area contributed by atoms with Crippen molar-refractivity contribution in [2.24, 2.45) is 29.4 Å². The molecular formula is C14H26N2OS. The van der Waals surface area contributed by atoms with Crippen molar-refractivity contribution in [3.05, 3.63) is 0 Å². The van der Waals surface area contributed by atoms with E-state index in [0.717, 1.165) is 6.42 Å². The van der Waals surface area contributed by atoms with Crippen LogP contribution in [0.25, 0.3) is 0 Å². The van der Waals surface area contributed by atoms with Crippen LogP contribution in [-0.2, 0) is 4.79 Å². The molecule has 1 fully saturated rings. The zero-order valence-corrected chi connectivity index (χ0v) is 12.7. The first-order valence-corrected chi connectivity index (χ1v) is 7.35. The summed E-state index contributed by atoms with van der Waals surface area (Å²) in [6, 6.07) is 0.275. The van der Waals surface area contributed by atoms with Crippen LogP contribution in [0.15, 0.2) is 0 Å². The molecule has 0 aromatic heterocycles. The molecule has 0 aliphatic heterocycles. The van der Waals surface area contributed by atoms with Crippen molar-refractivity contribution in [3.63, 3.8) is 0 Å². The van der Waals surface area contributed by atoms with E-state index < -0.39 is 0 Å². The van der Waals surface area contributed by atoms with Crippen molar-refractivity contribution in [1.82, 2.24) is 5.32 Å². The van der Waals surface area contributed by atoms with Gasteiger partial charge in [-0.15, -0.1) is 0 Å². The molecule has 4 heteroatoms. The summed E-state index contributed by atoms with van der Waals surface area (Å²) >= 11 is 5.01. The Labute approximate surface area is 116 Å². The summed E-state index contributed by atoms with van der Waals surface area (Å²) in [6.45, 7) is 8.45. The van der Waals surface area contributed by atoms with Gasteiger partial charge >= 0.3 is 0 Å². The first-order chi connectivity index (χ1) is 8.34. The van der Waals surface area contributed by atoms with Crippen LogP contribution in [0, 0.1) is 23.7 Å². The predicted molar refractivity (Wildman–Crippen MR) is 79.2 cm³/mol. The summed E-state index contributed by atoms with van der Waals surface area (Å²) in [5.41, 5.74) is 5.68. The van der Waals surface area contributed by atoms with Crippen molar-refractivity contribution >= 4 is 23.1 Å². The van der Waals surface area contributed by atoms with Gasteiger partial charge in [-0.25, -0.2) is 0 Å². The highest BCUT2D eigenvalue weighted by molar-refractivity contribution is 7.80. The maximum absolute atomic E-state index is 12.3. The number of rotatable bonds is 4. The summed E-state index contributed by atoms with van der Waals surface area (Å²) in [5, 5.41) is 3.16. The van der Waals surface area contributed by atoms with E-state index in [1.54, 1.807) is 0 Å². The van der Waals surface area contributed by atoms with E-state index in [-0.39, 0.29) is 23.8 Å². The van der Waals surface area contributed by atoms with Crippen molar-refractivity contribution in [2.75, 3.05) is 0 Å². The van der Waals surface area contributed by atoms with E-state index in [0.29, 0.717) is 16.8 Å². The van der Waals surface area contributed by atoms with E-state index in [2.05, 4.69) is 19.2 Å². The van der Waals surface area contributed by atoms with Crippen LogP contribution in [0.2, 0.25) is 0 Å². The molecular weight excluding hydrogens is 244 g/mol. The van der Waals surface area contributed by atoms with Gasteiger partial charge in [0.25, 0.3) is 0 Å². The molecule has 0 aromatic carbocycles. The van der Waals surface area contributed by atoms with Gasteiger partial charge in [-0.1, -0.05) is 52.8 Å². The molecule has 1 saturated carbocycles. The van der Waals surface area contributed by atoms with Gasteiger partial charge in [0.2, 0.25) is 5.91 Å². The normalized spacial score (nSPS) is 29.9. The van der Waals surface area contributed by atoms with Crippen LogP contribution in [0.1, 0.15) is 47.0 Å². The molecule has 1 aliphatic rings. The maximum atomic E-state index is 12.3. The minimum atomic E-state index is -0.343. The summed E-state index contributed by atoms with van der Waals surface area (Å²) < 4.78 is 0. The quantitative estimate of drug-likeness (QED) is 0.772. The SMILES string of the molecule is CC(C)C(C(=O)NC1CCCC(C)C1C)C(N)=S. The Bertz CT molecular complexity index is 317.